The quantitative estimate of drug-likeness (QED) is 0.797. The summed E-state index contributed by atoms with van der Waals surface area (Å²) in [5.41, 5.74) is 5.41. The number of carbonyl (C=O) groups is 2. The molecule has 6 nitrogen and oxygen atoms in total. The Morgan fingerprint density at radius 2 is 2.00 bits per heavy atom. The van der Waals surface area contributed by atoms with E-state index in [2.05, 4.69) is 5.32 Å². The molecular weight excluding hydrogens is 246 g/mol. The van der Waals surface area contributed by atoms with Gasteiger partial charge in [-0.15, -0.1) is 0 Å². The second-order valence-corrected chi connectivity index (χ2v) is 4.83. The fourth-order valence-electron chi connectivity index (χ4n) is 2.32. The number of imide groups is 1. The number of nitrogens with two attached hydrogens (primary N) is 1. The first-order chi connectivity index (χ1) is 9.19. The highest BCUT2D eigenvalue weighted by molar-refractivity contribution is 5.90. The molecular formula is C13H25N3O3. The Balaban J connectivity index is 2.39. The van der Waals surface area contributed by atoms with Crippen LogP contribution in [-0.4, -0.2) is 43.3 Å². The van der Waals surface area contributed by atoms with Gasteiger partial charge in [0, 0.05) is 19.6 Å². The maximum Gasteiger partial charge on any atom is 0.418 e. The fourth-order valence-corrected chi connectivity index (χ4v) is 2.32. The lowest BCUT2D eigenvalue weighted by Gasteiger charge is -2.24. The van der Waals surface area contributed by atoms with Gasteiger partial charge in [-0.2, -0.15) is 0 Å². The fraction of sp³-hybridized carbons (Fsp3) is 0.846. The molecule has 3 N–H and O–H groups in total. The van der Waals surface area contributed by atoms with Gasteiger partial charge in [-0.25, -0.2) is 14.5 Å². The summed E-state index contributed by atoms with van der Waals surface area (Å²) in [6.45, 7) is 2.98. The van der Waals surface area contributed by atoms with E-state index in [4.69, 9.17) is 10.5 Å². The lowest BCUT2D eigenvalue weighted by molar-refractivity contribution is 0.114. The van der Waals surface area contributed by atoms with E-state index in [1.54, 1.807) is 6.92 Å². The number of carbonyl (C=O) groups excluding carboxylic acids is 2. The van der Waals surface area contributed by atoms with Crippen molar-refractivity contribution < 1.29 is 14.3 Å². The minimum absolute atomic E-state index is 0.176. The number of ether oxygens (including phenoxy) is 1. The summed E-state index contributed by atoms with van der Waals surface area (Å²) in [6, 6.07) is -0.408. The molecule has 0 aliphatic heterocycles. The highest BCUT2D eigenvalue weighted by Crippen LogP contribution is 2.22. The molecule has 1 aliphatic rings. The molecule has 6 heteroatoms. The van der Waals surface area contributed by atoms with Crippen LogP contribution in [0, 0.1) is 5.92 Å². The maximum absolute atomic E-state index is 12.0. The zero-order valence-electron chi connectivity index (χ0n) is 11.7. The number of hydrogen-bond donors (Lipinski definition) is 2. The normalized spacial score (nSPS) is 15.9. The van der Waals surface area contributed by atoms with Crippen LogP contribution in [0.5, 0.6) is 0 Å². The average Bonchev–Trinajstić information content (AvgIpc) is 2.43. The molecule has 0 unspecified atom stereocenters. The number of hydrogen-bond acceptors (Lipinski definition) is 4. The minimum Gasteiger partial charge on any atom is -0.449 e. The van der Waals surface area contributed by atoms with Gasteiger partial charge in [0.25, 0.3) is 0 Å². The van der Waals surface area contributed by atoms with E-state index < -0.39 is 12.1 Å². The molecule has 0 spiro atoms. The standard InChI is InChI=1S/C13H25N3O3/c1-2-19-13(18)16(9-8-14)12(17)15-10-11-6-4-3-5-7-11/h11H,2-10,14H2,1H3,(H,15,17). The molecule has 110 valence electrons. The third-order valence-corrected chi connectivity index (χ3v) is 3.35. The largest absolute Gasteiger partial charge is 0.449 e. The third-order valence-electron chi connectivity index (χ3n) is 3.35. The molecule has 0 radical (unpaired) electrons. The van der Waals surface area contributed by atoms with Crippen molar-refractivity contribution in [3.63, 3.8) is 0 Å². The molecule has 1 rings (SSSR count). The van der Waals surface area contributed by atoms with E-state index in [1.807, 2.05) is 0 Å². The van der Waals surface area contributed by atoms with Gasteiger partial charge in [0.2, 0.25) is 0 Å². The van der Waals surface area contributed by atoms with Crippen LogP contribution < -0.4 is 11.1 Å². The Labute approximate surface area is 114 Å². The Morgan fingerprint density at radius 1 is 1.32 bits per heavy atom. The van der Waals surface area contributed by atoms with E-state index in [0.29, 0.717) is 12.5 Å². The van der Waals surface area contributed by atoms with Gasteiger partial charge < -0.3 is 15.8 Å². The van der Waals surface area contributed by atoms with Gasteiger partial charge in [0.05, 0.1) is 6.61 Å². The lowest BCUT2D eigenvalue weighted by atomic mass is 9.89. The predicted molar refractivity (Wildman–Crippen MR) is 72.8 cm³/mol. The van der Waals surface area contributed by atoms with Gasteiger partial charge in [0.1, 0.15) is 0 Å². The van der Waals surface area contributed by atoms with Crippen molar-refractivity contribution >= 4 is 12.1 Å². The molecule has 3 amide bonds. The number of urea groups is 1. The lowest BCUT2D eigenvalue weighted by Crippen LogP contribution is -2.47. The van der Waals surface area contributed by atoms with Crippen molar-refractivity contribution in [2.75, 3.05) is 26.2 Å². The zero-order valence-corrected chi connectivity index (χ0v) is 11.7. The number of nitrogens with one attached hydrogen (secondary N) is 1. The van der Waals surface area contributed by atoms with Crippen LogP contribution in [0.25, 0.3) is 0 Å². The van der Waals surface area contributed by atoms with Gasteiger partial charge in [-0.05, 0) is 25.7 Å². The van der Waals surface area contributed by atoms with Gasteiger partial charge >= 0.3 is 12.1 Å². The van der Waals surface area contributed by atoms with Crippen LogP contribution in [0.2, 0.25) is 0 Å². The molecule has 0 saturated heterocycles. The van der Waals surface area contributed by atoms with E-state index in [-0.39, 0.29) is 19.7 Å². The molecule has 0 aromatic heterocycles. The van der Waals surface area contributed by atoms with Gasteiger partial charge in [-0.1, -0.05) is 19.3 Å². The van der Waals surface area contributed by atoms with E-state index >= 15 is 0 Å². The van der Waals surface area contributed by atoms with E-state index in [1.165, 1.54) is 19.3 Å². The molecule has 0 aromatic carbocycles. The SMILES string of the molecule is CCOC(=O)N(CCN)C(=O)NCC1CCCCC1. The summed E-state index contributed by atoms with van der Waals surface area (Å²) in [5, 5.41) is 2.81. The van der Waals surface area contributed by atoms with Crippen molar-refractivity contribution in [2.24, 2.45) is 11.7 Å². The van der Waals surface area contributed by atoms with Crippen LogP contribution in [0.4, 0.5) is 9.59 Å². The highest BCUT2D eigenvalue weighted by atomic mass is 16.6. The maximum atomic E-state index is 12.0. The molecule has 0 aromatic rings. The average molecular weight is 271 g/mol. The van der Waals surface area contributed by atoms with Crippen LogP contribution >= 0.6 is 0 Å². The summed E-state index contributed by atoms with van der Waals surface area (Å²) in [4.78, 5) is 24.6. The van der Waals surface area contributed by atoms with Gasteiger partial charge in [-0.3, -0.25) is 0 Å². The second kappa shape index (κ2) is 8.74. The number of amides is 3. The number of rotatable bonds is 5. The van der Waals surface area contributed by atoms with Crippen LogP contribution in [0.1, 0.15) is 39.0 Å². The van der Waals surface area contributed by atoms with Gasteiger partial charge in [0.15, 0.2) is 0 Å². The Bertz CT molecular complexity index is 291. The minimum atomic E-state index is -0.630. The summed E-state index contributed by atoms with van der Waals surface area (Å²) in [5.74, 6) is 0.527. The Kier molecular flexibility index (Phi) is 7.25. The molecule has 0 heterocycles. The van der Waals surface area contributed by atoms with Crippen LogP contribution in [0.3, 0.4) is 0 Å². The molecule has 1 aliphatic carbocycles. The molecule has 0 bridgehead atoms. The van der Waals surface area contributed by atoms with Crippen molar-refractivity contribution in [2.45, 2.75) is 39.0 Å². The second-order valence-electron chi connectivity index (χ2n) is 4.83. The van der Waals surface area contributed by atoms with E-state index in [0.717, 1.165) is 17.7 Å². The Hall–Kier alpha value is -1.30. The summed E-state index contributed by atoms with van der Waals surface area (Å²) in [7, 11) is 0. The van der Waals surface area contributed by atoms with Crippen molar-refractivity contribution in [1.29, 1.82) is 0 Å². The van der Waals surface area contributed by atoms with Crippen LogP contribution in [0.15, 0.2) is 0 Å². The van der Waals surface area contributed by atoms with Crippen LogP contribution in [-0.2, 0) is 4.74 Å². The molecule has 0 atom stereocenters. The summed E-state index contributed by atoms with van der Waals surface area (Å²) >= 11 is 0. The monoisotopic (exact) mass is 271 g/mol. The van der Waals surface area contributed by atoms with Crippen molar-refractivity contribution in [3.8, 4) is 0 Å². The summed E-state index contributed by atoms with van der Waals surface area (Å²) < 4.78 is 4.84. The third kappa shape index (κ3) is 5.46. The van der Waals surface area contributed by atoms with E-state index in [9.17, 15) is 9.59 Å². The topological polar surface area (TPSA) is 84.7 Å². The molecule has 19 heavy (non-hydrogen) atoms. The first-order valence-electron chi connectivity index (χ1n) is 7.11. The summed E-state index contributed by atoms with van der Waals surface area (Å²) in [6.07, 6.45) is 5.41. The first-order valence-corrected chi connectivity index (χ1v) is 7.11. The number of nitrogens with zero attached hydrogens (tertiary/aromatic N) is 1. The highest BCUT2D eigenvalue weighted by Gasteiger charge is 2.23. The van der Waals surface area contributed by atoms with Crippen molar-refractivity contribution in [1.82, 2.24) is 10.2 Å². The van der Waals surface area contributed by atoms with Crippen molar-refractivity contribution in [3.05, 3.63) is 0 Å². The molecule has 1 saturated carbocycles. The Morgan fingerprint density at radius 3 is 2.58 bits per heavy atom. The molecule has 1 fully saturated rings. The zero-order chi connectivity index (χ0) is 14.1. The smallest absolute Gasteiger partial charge is 0.418 e. The predicted octanol–water partition coefficient (Wildman–Crippen LogP) is 1.69. The first kappa shape index (κ1) is 15.8.